The lowest BCUT2D eigenvalue weighted by Crippen LogP contribution is -2.53. The normalized spacial score (nSPS) is 31.1. The fraction of sp³-hybridized carbons (Fsp3) is 1.00. The van der Waals surface area contributed by atoms with E-state index >= 15 is 0 Å². The summed E-state index contributed by atoms with van der Waals surface area (Å²) < 4.78 is 5.24. The second-order valence-corrected chi connectivity index (χ2v) is 4.55. The highest BCUT2D eigenvalue weighted by molar-refractivity contribution is 4.99. The third-order valence-corrected chi connectivity index (χ3v) is 3.66. The number of hydrogen-bond donors (Lipinski definition) is 0. The van der Waals surface area contributed by atoms with Crippen LogP contribution in [-0.2, 0) is 4.74 Å². The fourth-order valence-electron chi connectivity index (χ4n) is 2.41. The smallest absolute Gasteiger partial charge is 0.0545 e. The zero-order valence-electron chi connectivity index (χ0n) is 7.60. The largest absolute Gasteiger partial charge is 0.380 e. The third kappa shape index (κ3) is 1.10. The van der Waals surface area contributed by atoms with Crippen molar-refractivity contribution in [1.29, 1.82) is 0 Å². The molecule has 11 heavy (non-hydrogen) atoms. The summed E-state index contributed by atoms with van der Waals surface area (Å²) in [4.78, 5) is 0. The molecule has 64 valence electrons. The Morgan fingerprint density at radius 3 is 2.45 bits per heavy atom. The lowest BCUT2D eigenvalue weighted by atomic mass is 9.57. The Hall–Kier alpha value is -0.0400. The van der Waals surface area contributed by atoms with Gasteiger partial charge >= 0.3 is 0 Å². The summed E-state index contributed by atoms with van der Waals surface area (Å²) in [6.07, 6.45) is 4.24. The lowest BCUT2D eigenvalue weighted by Gasteiger charge is -2.55. The Kier molecular flexibility index (Phi) is 1.71. The second kappa shape index (κ2) is 2.48. The van der Waals surface area contributed by atoms with E-state index in [0.717, 1.165) is 25.0 Å². The molecule has 0 aromatic heterocycles. The van der Waals surface area contributed by atoms with Crippen molar-refractivity contribution in [2.75, 3.05) is 13.2 Å². The van der Waals surface area contributed by atoms with Crippen LogP contribution < -0.4 is 0 Å². The van der Waals surface area contributed by atoms with Gasteiger partial charge in [0.05, 0.1) is 13.2 Å². The van der Waals surface area contributed by atoms with Gasteiger partial charge in [-0.15, -0.1) is 0 Å². The van der Waals surface area contributed by atoms with Gasteiger partial charge < -0.3 is 4.74 Å². The second-order valence-electron chi connectivity index (χ2n) is 4.55. The Bertz CT molecular complexity index is 141. The molecule has 1 saturated heterocycles. The Morgan fingerprint density at radius 2 is 2.09 bits per heavy atom. The monoisotopic (exact) mass is 154 g/mol. The van der Waals surface area contributed by atoms with Crippen LogP contribution in [0.15, 0.2) is 0 Å². The first kappa shape index (κ1) is 7.60. The van der Waals surface area contributed by atoms with Crippen LogP contribution in [0.3, 0.4) is 0 Å². The summed E-state index contributed by atoms with van der Waals surface area (Å²) in [7, 11) is 0. The summed E-state index contributed by atoms with van der Waals surface area (Å²) in [6.45, 7) is 6.80. The number of rotatable bonds is 2. The highest BCUT2D eigenvalue weighted by Crippen LogP contribution is 2.53. The first-order valence-corrected chi connectivity index (χ1v) is 4.83. The maximum absolute atomic E-state index is 5.24. The number of hydrogen-bond acceptors (Lipinski definition) is 1. The van der Waals surface area contributed by atoms with Gasteiger partial charge in [-0.2, -0.15) is 0 Å². The van der Waals surface area contributed by atoms with Gasteiger partial charge in [-0.25, -0.2) is 0 Å². The van der Waals surface area contributed by atoms with Crippen molar-refractivity contribution >= 4 is 0 Å². The van der Waals surface area contributed by atoms with Crippen LogP contribution in [0.1, 0.15) is 33.1 Å². The molecule has 2 aliphatic rings. The standard InChI is InChI=1S/C10H18O/c1-3-8(2)9-4-10(5-9)6-11-7-10/h8-9H,3-7H2,1-2H3. The van der Waals surface area contributed by atoms with Crippen molar-refractivity contribution in [3.63, 3.8) is 0 Å². The molecule has 0 aromatic carbocycles. The molecule has 1 heterocycles. The first-order chi connectivity index (χ1) is 5.26. The molecule has 1 saturated carbocycles. The SMILES string of the molecule is CCC(C)C1CC2(COC2)C1. The Balaban J connectivity index is 1.78. The van der Waals surface area contributed by atoms with E-state index in [0.29, 0.717) is 5.41 Å². The van der Waals surface area contributed by atoms with Gasteiger partial charge in [-0.05, 0) is 24.7 Å². The van der Waals surface area contributed by atoms with Crippen LogP contribution in [0.4, 0.5) is 0 Å². The predicted octanol–water partition coefficient (Wildman–Crippen LogP) is 2.46. The van der Waals surface area contributed by atoms with E-state index in [1.165, 1.54) is 19.3 Å². The molecule has 1 heteroatoms. The summed E-state index contributed by atoms with van der Waals surface area (Å²) in [6, 6.07) is 0. The van der Waals surface area contributed by atoms with Crippen LogP contribution in [0, 0.1) is 17.3 Å². The van der Waals surface area contributed by atoms with E-state index in [9.17, 15) is 0 Å². The molecule has 1 unspecified atom stereocenters. The maximum Gasteiger partial charge on any atom is 0.0545 e. The van der Waals surface area contributed by atoms with Crippen LogP contribution >= 0.6 is 0 Å². The summed E-state index contributed by atoms with van der Waals surface area (Å²) in [5.41, 5.74) is 0.675. The molecule has 2 rings (SSSR count). The molecule has 1 spiro atoms. The van der Waals surface area contributed by atoms with Crippen LogP contribution in [0.5, 0.6) is 0 Å². The molecule has 1 aliphatic heterocycles. The molecule has 0 amide bonds. The van der Waals surface area contributed by atoms with E-state index in [2.05, 4.69) is 13.8 Å². The van der Waals surface area contributed by atoms with Gasteiger partial charge in [0.1, 0.15) is 0 Å². The Morgan fingerprint density at radius 1 is 1.45 bits per heavy atom. The minimum absolute atomic E-state index is 0.675. The van der Waals surface area contributed by atoms with Gasteiger partial charge in [-0.3, -0.25) is 0 Å². The third-order valence-electron chi connectivity index (χ3n) is 3.66. The molecule has 0 N–H and O–H groups in total. The molecule has 0 radical (unpaired) electrons. The predicted molar refractivity (Wildman–Crippen MR) is 45.4 cm³/mol. The average molecular weight is 154 g/mol. The zero-order valence-corrected chi connectivity index (χ0v) is 7.60. The maximum atomic E-state index is 5.24. The molecular weight excluding hydrogens is 136 g/mol. The topological polar surface area (TPSA) is 9.23 Å². The highest BCUT2D eigenvalue weighted by Gasteiger charge is 2.50. The molecule has 2 fully saturated rings. The van der Waals surface area contributed by atoms with E-state index in [-0.39, 0.29) is 0 Å². The van der Waals surface area contributed by atoms with Crippen molar-refractivity contribution in [3.05, 3.63) is 0 Å². The number of ether oxygens (including phenoxy) is 1. The molecule has 1 atom stereocenters. The van der Waals surface area contributed by atoms with Crippen LogP contribution in [-0.4, -0.2) is 13.2 Å². The van der Waals surface area contributed by atoms with Crippen molar-refractivity contribution in [3.8, 4) is 0 Å². The minimum Gasteiger partial charge on any atom is -0.380 e. The van der Waals surface area contributed by atoms with Crippen molar-refractivity contribution in [2.24, 2.45) is 17.3 Å². The minimum atomic E-state index is 0.675. The fourth-order valence-corrected chi connectivity index (χ4v) is 2.41. The molecule has 1 aliphatic carbocycles. The quantitative estimate of drug-likeness (QED) is 0.593. The van der Waals surface area contributed by atoms with E-state index in [4.69, 9.17) is 4.74 Å². The van der Waals surface area contributed by atoms with E-state index < -0.39 is 0 Å². The summed E-state index contributed by atoms with van der Waals surface area (Å²) in [5.74, 6) is 1.96. The van der Waals surface area contributed by atoms with Crippen molar-refractivity contribution in [1.82, 2.24) is 0 Å². The summed E-state index contributed by atoms with van der Waals surface area (Å²) in [5, 5.41) is 0. The van der Waals surface area contributed by atoms with E-state index in [1.54, 1.807) is 0 Å². The zero-order chi connectivity index (χ0) is 7.90. The van der Waals surface area contributed by atoms with Gasteiger partial charge in [0.15, 0.2) is 0 Å². The van der Waals surface area contributed by atoms with Gasteiger partial charge in [0.25, 0.3) is 0 Å². The van der Waals surface area contributed by atoms with Crippen LogP contribution in [0.2, 0.25) is 0 Å². The van der Waals surface area contributed by atoms with Crippen molar-refractivity contribution in [2.45, 2.75) is 33.1 Å². The molecule has 0 aromatic rings. The molecule has 1 nitrogen and oxygen atoms in total. The van der Waals surface area contributed by atoms with Gasteiger partial charge in [-0.1, -0.05) is 20.3 Å². The van der Waals surface area contributed by atoms with Gasteiger partial charge in [0, 0.05) is 5.41 Å². The lowest BCUT2D eigenvalue weighted by molar-refractivity contribution is -0.186. The highest BCUT2D eigenvalue weighted by atomic mass is 16.5. The van der Waals surface area contributed by atoms with Crippen LogP contribution in [0.25, 0.3) is 0 Å². The first-order valence-electron chi connectivity index (χ1n) is 4.83. The van der Waals surface area contributed by atoms with Crippen molar-refractivity contribution < 1.29 is 4.74 Å². The molecular formula is C10H18O. The van der Waals surface area contributed by atoms with Gasteiger partial charge in [0.2, 0.25) is 0 Å². The Labute approximate surface area is 69.1 Å². The molecule has 0 bridgehead atoms. The summed E-state index contributed by atoms with van der Waals surface area (Å²) >= 11 is 0. The van der Waals surface area contributed by atoms with E-state index in [1.807, 2.05) is 0 Å². The average Bonchev–Trinajstić information content (AvgIpc) is 1.81.